The van der Waals surface area contributed by atoms with Gasteiger partial charge in [-0.2, -0.15) is 4.39 Å². The summed E-state index contributed by atoms with van der Waals surface area (Å²) in [6.45, 7) is 4.52. The second kappa shape index (κ2) is 10.7. The van der Waals surface area contributed by atoms with Gasteiger partial charge in [-0.3, -0.25) is 0 Å². The van der Waals surface area contributed by atoms with Gasteiger partial charge in [0.05, 0.1) is 6.10 Å². The Morgan fingerprint density at radius 2 is 1.42 bits per heavy atom. The van der Waals surface area contributed by atoms with Gasteiger partial charge in [0.25, 0.3) is 0 Å². The molecule has 3 aliphatic rings. The Hall–Kier alpha value is -1.12. The molecule has 0 spiro atoms. The van der Waals surface area contributed by atoms with E-state index in [9.17, 15) is 8.78 Å². The summed E-state index contributed by atoms with van der Waals surface area (Å²) in [5.74, 6) is 2.12. The Morgan fingerprint density at radius 3 is 2.06 bits per heavy atom. The van der Waals surface area contributed by atoms with Gasteiger partial charge in [0, 0.05) is 0 Å². The van der Waals surface area contributed by atoms with E-state index in [1.807, 2.05) is 6.07 Å². The van der Waals surface area contributed by atoms with Gasteiger partial charge in [0.15, 0.2) is 11.6 Å². The van der Waals surface area contributed by atoms with Crippen LogP contribution < -0.4 is 4.74 Å². The first-order valence-corrected chi connectivity index (χ1v) is 13.2. The summed E-state index contributed by atoms with van der Waals surface area (Å²) < 4.78 is 35.8. The Kier molecular flexibility index (Phi) is 7.93. The summed E-state index contributed by atoms with van der Waals surface area (Å²) in [6, 6.07) is 3.50. The summed E-state index contributed by atoms with van der Waals surface area (Å²) in [6.07, 6.45) is 16.7. The van der Waals surface area contributed by atoms with Crippen LogP contribution in [0.15, 0.2) is 12.1 Å². The number of rotatable bonds is 7. The minimum absolute atomic E-state index is 0.0366. The van der Waals surface area contributed by atoms with E-state index in [0.29, 0.717) is 11.5 Å². The third kappa shape index (κ3) is 5.45. The van der Waals surface area contributed by atoms with Crippen LogP contribution in [0.4, 0.5) is 8.78 Å². The Labute approximate surface area is 188 Å². The molecule has 2 unspecified atom stereocenters. The zero-order valence-electron chi connectivity index (χ0n) is 19.7. The van der Waals surface area contributed by atoms with Crippen LogP contribution in [0.1, 0.15) is 115 Å². The molecule has 1 nitrogen and oxygen atoms in total. The fraction of sp³-hybridized carbons (Fsp3) is 0.786. The molecule has 0 heterocycles. The second-order valence-corrected chi connectivity index (χ2v) is 10.8. The molecule has 3 aliphatic carbocycles. The molecule has 3 saturated carbocycles. The van der Waals surface area contributed by atoms with Gasteiger partial charge in [-0.25, -0.2) is 4.39 Å². The van der Waals surface area contributed by atoms with E-state index in [0.717, 1.165) is 49.9 Å². The number of hydrogen-bond acceptors (Lipinski definition) is 1. The summed E-state index contributed by atoms with van der Waals surface area (Å²) in [5.41, 5.74) is 0.577. The van der Waals surface area contributed by atoms with Crippen LogP contribution in [0.25, 0.3) is 0 Å². The highest BCUT2D eigenvalue weighted by atomic mass is 19.2. The molecule has 1 aromatic rings. The van der Waals surface area contributed by atoms with Crippen LogP contribution >= 0.6 is 0 Å². The molecule has 31 heavy (non-hydrogen) atoms. The highest BCUT2D eigenvalue weighted by molar-refractivity contribution is 5.33. The quantitative estimate of drug-likeness (QED) is 0.418. The minimum atomic E-state index is -0.767. The van der Waals surface area contributed by atoms with Crippen molar-refractivity contribution in [3.63, 3.8) is 0 Å². The molecule has 0 N–H and O–H groups in total. The SMILES string of the molecule is CCCC1CCC(Oc2ccc(C3CCC(C4CCC(CC)CC4)CC3)c(F)c2F)C1. The molecule has 1 aromatic carbocycles. The van der Waals surface area contributed by atoms with Gasteiger partial charge in [-0.05, 0) is 99.0 Å². The predicted octanol–water partition coefficient (Wildman–Crippen LogP) is 8.80. The van der Waals surface area contributed by atoms with E-state index < -0.39 is 11.6 Å². The molecule has 4 rings (SSSR count). The van der Waals surface area contributed by atoms with Crippen molar-refractivity contribution < 1.29 is 13.5 Å². The molecule has 2 atom stereocenters. The molecule has 0 aromatic heterocycles. The zero-order valence-corrected chi connectivity index (χ0v) is 19.7. The molecule has 0 aliphatic heterocycles. The fourth-order valence-corrected chi connectivity index (χ4v) is 6.91. The summed E-state index contributed by atoms with van der Waals surface area (Å²) in [4.78, 5) is 0. The third-order valence-electron chi connectivity index (χ3n) is 8.91. The van der Waals surface area contributed by atoms with Crippen molar-refractivity contribution in [1.82, 2.24) is 0 Å². The topological polar surface area (TPSA) is 9.23 Å². The van der Waals surface area contributed by atoms with Crippen molar-refractivity contribution in [2.75, 3.05) is 0 Å². The first-order chi connectivity index (χ1) is 15.1. The maximum atomic E-state index is 15.0. The fourth-order valence-electron chi connectivity index (χ4n) is 6.91. The van der Waals surface area contributed by atoms with Gasteiger partial charge in [0.2, 0.25) is 5.82 Å². The summed E-state index contributed by atoms with van der Waals surface area (Å²) in [5, 5.41) is 0. The molecular formula is C28H42F2O. The summed E-state index contributed by atoms with van der Waals surface area (Å²) >= 11 is 0. The minimum Gasteiger partial charge on any atom is -0.487 e. The largest absolute Gasteiger partial charge is 0.487 e. The normalized spacial score (nSPS) is 34.1. The first-order valence-electron chi connectivity index (χ1n) is 13.2. The van der Waals surface area contributed by atoms with Gasteiger partial charge >= 0.3 is 0 Å². The molecule has 3 heteroatoms. The average Bonchev–Trinajstić information content (AvgIpc) is 3.24. The molecule has 0 amide bonds. The Balaban J connectivity index is 1.32. The molecule has 0 saturated heterocycles. The highest BCUT2D eigenvalue weighted by Gasteiger charge is 2.33. The molecule has 3 fully saturated rings. The van der Waals surface area contributed by atoms with Gasteiger partial charge in [-0.15, -0.1) is 0 Å². The smallest absolute Gasteiger partial charge is 0.200 e. The van der Waals surface area contributed by atoms with Gasteiger partial charge in [0.1, 0.15) is 0 Å². The number of ether oxygens (including phenoxy) is 1. The van der Waals surface area contributed by atoms with Crippen LogP contribution in [0.3, 0.4) is 0 Å². The molecular weight excluding hydrogens is 390 g/mol. The van der Waals surface area contributed by atoms with Crippen molar-refractivity contribution in [1.29, 1.82) is 0 Å². The van der Waals surface area contributed by atoms with Crippen LogP contribution in [0.2, 0.25) is 0 Å². The number of benzene rings is 1. The number of halogens is 2. The lowest BCUT2D eigenvalue weighted by molar-refractivity contribution is 0.157. The van der Waals surface area contributed by atoms with Crippen LogP contribution in [-0.2, 0) is 0 Å². The highest BCUT2D eigenvalue weighted by Crippen LogP contribution is 2.45. The van der Waals surface area contributed by atoms with Crippen molar-refractivity contribution in [3.05, 3.63) is 29.3 Å². The second-order valence-electron chi connectivity index (χ2n) is 10.8. The van der Waals surface area contributed by atoms with E-state index in [-0.39, 0.29) is 17.8 Å². The van der Waals surface area contributed by atoms with Crippen molar-refractivity contribution >= 4 is 0 Å². The van der Waals surface area contributed by atoms with Crippen molar-refractivity contribution in [2.24, 2.45) is 23.7 Å². The Bertz CT molecular complexity index is 701. The van der Waals surface area contributed by atoms with Gasteiger partial charge in [-0.1, -0.05) is 52.0 Å². The van der Waals surface area contributed by atoms with E-state index in [1.165, 1.54) is 57.8 Å². The lowest BCUT2D eigenvalue weighted by Gasteiger charge is -2.38. The van der Waals surface area contributed by atoms with E-state index in [2.05, 4.69) is 13.8 Å². The van der Waals surface area contributed by atoms with E-state index in [4.69, 9.17) is 4.74 Å². The van der Waals surface area contributed by atoms with Crippen LogP contribution in [-0.4, -0.2) is 6.10 Å². The monoisotopic (exact) mass is 432 g/mol. The maximum Gasteiger partial charge on any atom is 0.200 e. The standard InChI is InChI=1S/C28H42F2O/c1-3-5-20-8-15-24(18-20)31-26-17-16-25(27(29)28(26)30)23-13-11-22(12-14-23)21-9-6-19(4-2)7-10-21/h16-17,19-24H,3-15,18H2,1-2H3. The van der Waals surface area contributed by atoms with Crippen molar-refractivity contribution in [3.8, 4) is 5.75 Å². The first kappa shape index (κ1) is 23.1. The maximum absolute atomic E-state index is 15.0. The predicted molar refractivity (Wildman–Crippen MR) is 123 cm³/mol. The zero-order chi connectivity index (χ0) is 21.8. The van der Waals surface area contributed by atoms with Gasteiger partial charge < -0.3 is 4.74 Å². The summed E-state index contributed by atoms with van der Waals surface area (Å²) in [7, 11) is 0. The van der Waals surface area contributed by atoms with E-state index >= 15 is 0 Å². The molecule has 0 bridgehead atoms. The third-order valence-corrected chi connectivity index (χ3v) is 8.91. The van der Waals surface area contributed by atoms with Crippen LogP contribution in [0.5, 0.6) is 5.75 Å². The van der Waals surface area contributed by atoms with Crippen LogP contribution in [0, 0.1) is 35.3 Å². The molecule has 174 valence electrons. The van der Waals surface area contributed by atoms with E-state index in [1.54, 1.807) is 6.07 Å². The number of hydrogen-bond donors (Lipinski definition) is 0. The Morgan fingerprint density at radius 1 is 0.774 bits per heavy atom. The molecule has 0 radical (unpaired) electrons. The average molecular weight is 433 g/mol. The van der Waals surface area contributed by atoms with Crippen molar-refractivity contribution in [2.45, 2.75) is 116 Å². The lowest BCUT2D eigenvalue weighted by Crippen LogP contribution is -2.25. The lowest BCUT2D eigenvalue weighted by atomic mass is 9.68.